The van der Waals surface area contributed by atoms with E-state index in [2.05, 4.69) is 5.32 Å². The minimum absolute atomic E-state index is 0.00329. The molecule has 1 heterocycles. The maximum Gasteiger partial charge on any atom is 0.240 e. The fraction of sp³-hybridized carbons (Fsp3) is 0.923. The number of aliphatic hydroxyl groups excluding tert-OH is 1. The van der Waals surface area contributed by atoms with Gasteiger partial charge in [0.05, 0.1) is 12.6 Å². The number of hydrogen-bond acceptors (Lipinski definition) is 3. The predicted octanol–water partition coefficient (Wildman–Crippen LogP) is 0.604. The lowest BCUT2D eigenvalue weighted by Gasteiger charge is -2.30. The van der Waals surface area contributed by atoms with Crippen molar-refractivity contribution in [3.8, 4) is 0 Å². The number of amides is 1. The lowest BCUT2D eigenvalue weighted by atomic mass is 9.93. The molecule has 0 aromatic carbocycles. The van der Waals surface area contributed by atoms with Gasteiger partial charge in [0, 0.05) is 12.6 Å². The molecule has 0 spiro atoms. The van der Waals surface area contributed by atoms with Crippen molar-refractivity contribution < 1.29 is 9.90 Å². The molecule has 4 heteroatoms. The SMILES string of the molecule is CC(C)N(CCO)C(=O)C1NCC2CCCC21. The van der Waals surface area contributed by atoms with Gasteiger partial charge in [-0.15, -0.1) is 0 Å². The first-order valence-corrected chi connectivity index (χ1v) is 6.80. The molecule has 0 bridgehead atoms. The van der Waals surface area contributed by atoms with Crippen molar-refractivity contribution in [3.05, 3.63) is 0 Å². The van der Waals surface area contributed by atoms with Crippen LogP contribution in [0.2, 0.25) is 0 Å². The Hall–Kier alpha value is -0.610. The maximum absolute atomic E-state index is 12.5. The lowest BCUT2D eigenvalue weighted by molar-refractivity contribution is -0.136. The first-order valence-electron chi connectivity index (χ1n) is 6.80. The fourth-order valence-electron chi connectivity index (χ4n) is 3.37. The molecule has 4 nitrogen and oxygen atoms in total. The van der Waals surface area contributed by atoms with Crippen LogP contribution in [-0.2, 0) is 4.79 Å². The lowest BCUT2D eigenvalue weighted by Crippen LogP contribution is -2.50. The van der Waals surface area contributed by atoms with Crippen LogP contribution in [0.4, 0.5) is 0 Å². The van der Waals surface area contributed by atoms with Crippen LogP contribution in [0.15, 0.2) is 0 Å². The molecule has 1 saturated carbocycles. The molecule has 2 fully saturated rings. The van der Waals surface area contributed by atoms with Gasteiger partial charge in [-0.2, -0.15) is 0 Å². The molecule has 1 amide bonds. The molecular formula is C13H24N2O2. The Morgan fingerprint density at radius 3 is 2.88 bits per heavy atom. The fourth-order valence-corrected chi connectivity index (χ4v) is 3.37. The topological polar surface area (TPSA) is 52.6 Å². The summed E-state index contributed by atoms with van der Waals surface area (Å²) in [6, 6.07) is 0.161. The van der Waals surface area contributed by atoms with E-state index in [-0.39, 0.29) is 24.6 Å². The first kappa shape index (κ1) is 12.8. The van der Waals surface area contributed by atoms with Crippen LogP contribution in [0.5, 0.6) is 0 Å². The summed E-state index contributed by atoms with van der Waals surface area (Å²) >= 11 is 0. The summed E-state index contributed by atoms with van der Waals surface area (Å²) in [5.74, 6) is 1.41. The second-order valence-corrected chi connectivity index (χ2v) is 5.59. The molecule has 1 saturated heterocycles. The van der Waals surface area contributed by atoms with Gasteiger partial charge in [-0.05, 0) is 45.1 Å². The summed E-state index contributed by atoms with van der Waals surface area (Å²) < 4.78 is 0. The van der Waals surface area contributed by atoms with Gasteiger partial charge in [0.1, 0.15) is 0 Å². The second-order valence-electron chi connectivity index (χ2n) is 5.59. The largest absolute Gasteiger partial charge is 0.395 e. The highest BCUT2D eigenvalue weighted by atomic mass is 16.3. The van der Waals surface area contributed by atoms with E-state index in [0.717, 1.165) is 6.54 Å². The molecule has 3 atom stereocenters. The summed E-state index contributed by atoms with van der Waals surface area (Å²) in [5, 5.41) is 12.4. The van der Waals surface area contributed by atoms with Gasteiger partial charge in [0.2, 0.25) is 5.91 Å². The van der Waals surface area contributed by atoms with Gasteiger partial charge in [-0.3, -0.25) is 4.79 Å². The Labute approximate surface area is 103 Å². The first-order chi connectivity index (χ1) is 8.15. The molecule has 98 valence electrons. The van der Waals surface area contributed by atoms with E-state index < -0.39 is 0 Å². The summed E-state index contributed by atoms with van der Waals surface area (Å²) in [6.45, 7) is 5.51. The molecule has 1 aliphatic heterocycles. The summed E-state index contributed by atoms with van der Waals surface area (Å²) in [4.78, 5) is 14.3. The normalized spacial score (nSPS) is 31.9. The van der Waals surface area contributed by atoms with E-state index >= 15 is 0 Å². The Morgan fingerprint density at radius 1 is 1.47 bits per heavy atom. The van der Waals surface area contributed by atoms with Crippen molar-refractivity contribution in [2.75, 3.05) is 19.7 Å². The van der Waals surface area contributed by atoms with E-state index in [4.69, 9.17) is 5.11 Å². The molecular weight excluding hydrogens is 216 g/mol. The number of carbonyl (C=O) groups is 1. The van der Waals surface area contributed by atoms with Gasteiger partial charge in [0.15, 0.2) is 0 Å². The smallest absolute Gasteiger partial charge is 0.240 e. The summed E-state index contributed by atoms with van der Waals surface area (Å²) in [6.07, 6.45) is 3.71. The molecule has 2 rings (SSSR count). The van der Waals surface area contributed by atoms with Gasteiger partial charge in [0.25, 0.3) is 0 Å². The van der Waals surface area contributed by atoms with E-state index in [1.165, 1.54) is 19.3 Å². The third-order valence-corrected chi connectivity index (χ3v) is 4.26. The van der Waals surface area contributed by atoms with Crippen LogP contribution in [0.3, 0.4) is 0 Å². The zero-order valence-electron chi connectivity index (χ0n) is 10.9. The Morgan fingerprint density at radius 2 is 2.24 bits per heavy atom. The van der Waals surface area contributed by atoms with E-state index in [0.29, 0.717) is 18.4 Å². The Kier molecular flexibility index (Phi) is 4.05. The third kappa shape index (κ3) is 2.47. The van der Waals surface area contributed by atoms with Gasteiger partial charge in [-0.1, -0.05) is 6.42 Å². The standard InChI is InChI=1S/C13H24N2O2/c1-9(2)15(6-7-16)13(17)12-11-5-3-4-10(11)8-14-12/h9-12,14,16H,3-8H2,1-2H3. The molecule has 17 heavy (non-hydrogen) atoms. The van der Waals surface area contributed by atoms with Gasteiger partial charge < -0.3 is 15.3 Å². The van der Waals surface area contributed by atoms with Crippen LogP contribution in [-0.4, -0.2) is 47.7 Å². The van der Waals surface area contributed by atoms with Crippen molar-refractivity contribution in [3.63, 3.8) is 0 Å². The predicted molar refractivity (Wildman–Crippen MR) is 66.6 cm³/mol. The van der Waals surface area contributed by atoms with Crippen LogP contribution >= 0.6 is 0 Å². The maximum atomic E-state index is 12.5. The van der Waals surface area contributed by atoms with Gasteiger partial charge >= 0.3 is 0 Å². The van der Waals surface area contributed by atoms with Gasteiger partial charge in [-0.25, -0.2) is 0 Å². The number of nitrogens with one attached hydrogen (secondary N) is 1. The quantitative estimate of drug-likeness (QED) is 0.757. The minimum Gasteiger partial charge on any atom is -0.395 e. The van der Waals surface area contributed by atoms with Crippen molar-refractivity contribution in [2.45, 2.75) is 45.2 Å². The number of rotatable bonds is 4. The van der Waals surface area contributed by atoms with Crippen molar-refractivity contribution in [2.24, 2.45) is 11.8 Å². The Balaban J connectivity index is 2.02. The van der Waals surface area contributed by atoms with Crippen molar-refractivity contribution in [1.29, 1.82) is 0 Å². The zero-order valence-corrected chi connectivity index (χ0v) is 10.9. The molecule has 3 unspecified atom stereocenters. The monoisotopic (exact) mass is 240 g/mol. The summed E-state index contributed by atoms with van der Waals surface area (Å²) in [7, 11) is 0. The van der Waals surface area contributed by atoms with Crippen LogP contribution in [0.1, 0.15) is 33.1 Å². The highest BCUT2D eigenvalue weighted by Gasteiger charge is 2.43. The van der Waals surface area contributed by atoms with Crippen molar-refractivity contribution in [1.82, 2.24) is 10.2 Å². The number of hydrogen-bond donors (Lipinski definition) is 2. The van der Waals surface area contributed by atoms with Crippen molar-refractivity contribution >= 4 is 5.91 Å². The molecule has 2 aliphatic rings. The zero-order chi connectivity index (χ0) is 12.4. The number of fused-ring (bicyclic) bond motifs is 1. The molecule has 0 aromatic rings. The van der Waals surface area contributed by atoms with Crippen LogP contribution < -0.4 is 5.32 Å². The molecule has 0 radical (unpaired) electrons. The second kappa shape index (κ2) is 5.36. The van der Waals surface area contributed by atoms with E-state index in [1.807, 2.05) is 13.8 Å². The number of nitrogens with zero attached hydrogens (tertiary/aromatic N) is 1. The van der Waals surface area contributed by atoms with Crippen LogP contribution in [0, 0.1) is 11.8 Å². The van der Waals surface area contributed by atoms with E-state index in [9.17, 15) is 4.79 Å². The average molecular weight is 240 g/mol. The summed E-state index contributed by atoms with van der Waals surface area (Å²) in [5.41, 5.74) is 0. The highest BCUT2D eigenvalue weighted by Crippen LogP contribution is 2.38. The van der Waals surface area contributed by atoms with E-state index in [1.54, 1.807) is 4.90 Å². The Bertz CT molecular complexity index is 281. The third-order valence-electron chi connectivity index (χ3n) is 4.26. The highest BCUT2D eigenvalue weighted by molar-refractivity contribution is 5.83. The number of carbonyl (C=O) groups excluding carboxylic acids is 1. The number of aliphatic hydroxyl groups is 1. The molecule has 0 aromatic heterocycles. The molecule has 1 aliphatic carbocycles. The minimum atomic E-state index is -0.00329. The van der Waals surface area contributed by atoms with Crippen LogP contribution in [0.25, 0.3) is 0 Å². The molecule has 2 N–H and O–H groups in total. The average Bonchev–Trinajstić information content (AvgIpc) is 2.85.